The summed E-state index contributed by atoms with van der Waals surface area (Å²) in [4.78, 5) is 48.4. The summed E-state index contributed by atoms with van der Waals surface area (Å²) in [5, 5.41) is 13.4. The molecule has 10 heteroatoms. The molecule has 4 aliphatic heterocycles. The van der Waals surface area contributed by atoms with Crippen molar-refractivity contribution in [2.45, 2.75) is 89.0 Å². The van der Waals surface area contributed by atoms with Crippen LogP contribution in [-0.2, 0) is 22.4 Å². The zero-order valence-corrected chi connectivity index (χ0v) is 27.3. The first-order valence-corrected chi connectivity index (χ1v) is 17.1. The number of nitrogens with one attached hydrogen (secondary N) is 1. The van der Waals surface area contributed by atoms with E-state index in [1.165, 1.54) is 0 Å². The maximum Gasteiger partial charge on any atom is 0.410 e. The molecule has 0 unspecified atom stereocenters. The SMILES string of the molecule is Cc1cccc(C[C@@H](OC(=O)N2CCC(N3CCc4ccccc4NC3=O)CC2)C(=O)N2CCC(N3CCC(C)(O)CC3)CC2)c1. The van der Waals surface area contributed by atoms with Crippen LogP contribution in [0.4, 0.5) is 15.3 Å². The van der Waals surface area contributed by atoms with Gasteiger partial charge >= 0.3 is 12.1 Å². The molecule has 0 aliphatic carbocycles. The van der Waals surface area contributed by atoms with E-state index in [9.17, 15) is 19.5 Å². The highest BCUT2D eigenvalue weighted by atomic mass is 16.6. The number of amides is 4. The van der Waals surface area contributed by atoms with E-state index in [2.05, 4.69) is 16.3 Å². The monoisotopic (exact) mass is 631 g/mol. The van der Waals surface area contributed by atoms with Crippen LogP contribution in [0.1, 0.15) is 62.1 Å². The highest BCUT2D eigenvalue weighted by Gasteiger charge is 2.37. The fourth-order valence-corrected chi connectivity index (χ4v) is 7.55. The van der Waals surface area contributed by atoms with Gasteiger partial charge in [0.1, 0.15) is 0 Å². The topological polar surface area (TPSA) is 106 Å². The van der Waals surface area contributed by atoms with E-state index in [1.807, 2.05) is 66.1 Å². The Morgan fingerprint density at radius 2 is 1.59 bits per heavy atom. The number of fused-ring (bicyclic) bond motifs is 1. The van der Waals surface area contributed by atoms with E-state index in [0.29, 0.717) is 58.0 Å². The molecule has 3 fully saturated rings. The second kappa shape index (κ2) is 14.0. The van der Waals surface area contributed by atoms with Gasteiger partial charge in [-0.15, -0.1) is 0 Å². The lowest BCUT2D eigenvalue weighted by Gasteiger charge is -2.43. The standard InChI is InChI=1S/C36H49N5O5/c1-26-6-5-7-27(24-26)25-32(33(42)39-17-11-29(12-18-39)38-22-15-36(2,45)16-23-38)46-35(44)40-19-13-30(14-20-40)41-21-10-28-8-3-4-9-31(28)37-34(41)43/h3-9,24,29-30,32,45H,10-23,25H2,1-2H3,(H,37,43)/t32-/m1/s1. The molecule has 10 nitrogen and oxygen atoms in total. The number of carbonyl (C=O) groups is 3. The zero-order chi connectivity index (χ0) is 32.3. The Morgan fingerprint density at radius 1 is 0.913 bits per heavy atom. The van der Waals surface area contributed by atoms with Gasteiger partial charge in [0.15, 0.2) is 6.10 Å². The Hall–Kier alpha value is -3.63. The number of piperidine rings is 3. The number of hydrogen-bond acceptors (Lipinski definition) is 6. The lowest BCUT2D eigenvalue weighted by Crippen LogP contribution is -2.54. The van der Waals surface area contributed by atoms with Gasteiger partial charge in [-0.25, -0.2) is 9.59 Å². The molecule has 0 aromatic heterocycles. The average molecular weight is 632 g/mol. The summed E-state index contributed by atoms with van der Waals surface area (Å²) >= 11 is 0. The normalized spacial score (nSPS) is 22.1. The van der Waals surface area contributed by atoms with Crippen molar-refractivity contribution in [3.05, 3.63) is 65.2 Å². The molecule has 0 saturated carbocycles. The minimum absolute atomic E-state index is 0.0374. The molecule has 0 radical (unpaired) electrons. The van der Waals surface area contributed by atoms with Crippen LogP contribution in [0, 0.1) is 6.92 Å². The van der Waals surface area contributed by atoms with E-state index in [4.69, 9.17) is 4.74 Å². The number of anilines is 1. The molecule has 248 valence electrons. The molecule has 6 rings (SSSR count). The lowest BCUT2D eigenvalue weighted by molar-refractivity contribution is -0.142. The number of para-hydroxylation sites is 1. The fourth-order valence-electron chi connectivity index (χ4n) is 7.55. The van der Waals surface area contributed by atoms with Gasteiger partial charge in [-0.05, 0) is 76.0 Å². The van der Waals surface area contributed by atoms with Crippen LogP contribution in [-0.4, -0.2) is 112 Å². The van der Waals surface area contributed by atoms with Crippen molar-refractivity contribution < 1.29 is 24.2 Å². The maximum atomic E-state index is 13.9. The van der Waals surface area contributed by atoms with E-state index in [0.717, 1.165) is 67.6 Å². The molecule has 0 bridgehead atoms. The summed E-state index contributed by atoms with van der Waals surface area (Å²) in [6.45, 7) is 8.54. The summed E-state index contributed by atoms with van der Waals surface area (Å²) in [5.41, 5.74) is 3.48. The maximum absolute atomic E-state index is 13.9. The minimum atomic E-state index is -0.899. The zero-order valence-electron chi connectivity index (χ0n) is 27.3. The largest absolute Gasteiger partial charge is 0.436 e. The third kappa shape index (κ3) is 7.66. The quantitative estimate of drug-likeness (QED) is 0.489. The number of nitrogens with zero attached hydrogens (tertiary/aromatic N) is 4. The second-order valence-corrected chi connectivity index (χ2v) is 13.9. The number of aryl methyl sites for hydroxylation is 1. The van der Waals surface area contributed by atoms with Gasteiger partial charge < -0.3 is 34.8 Å². The van der Waals surface area contributed by atoms with Crippen LogP contribution in [0.5, 0.6) is 0 Å². The van der Waals surface area contributed by atoms with Gasteiger partial charge in [0.05, 0.1) is 5.60 Å². The minimum Gasteiger partial charge on any atom is -0.436 e. The molecule has 46 heavy (non-hydrogen) atoms. The van der Waals surface area contributed by atoms with Crippen molar-refractivity contribution in [2.75, 3.05) is 51.1 Å². The molecule has 0 spiro atoms. The number of rotatable bonds is 6. The first-order valence-electron chi connectivity index (χ1n) is 17.1. The highest BCUT2D eigenvalue weighted by Crippen LogP contribution is 2.28. The summed E-state index contributed by atoms with van der Waals surface area (Å²) in [6, 6.07) is 16.3. The predicted octanol–water partition coefficient (Wildman–Crippen LogP) is 4.44. The number of likely N-dealkylation sites (tertiary alicyclic amines) is 3. The smallest absolute Gasteiger partial charge is 0.410 e. The molecule has 4 aliphatic rings. The summed E-state index contributed by atoms with van der Waals surface area (Å²) in [5.74, 6) is -0.134. The van der Waals surface area contributed by atoms with Crippen LogP contribution >= 0.6 is 0 Å². The number of urea groups is 1. The molecule has 4 heterocycles. The van der Waals surface area contributed by atoms with Crippen molar-refractivity contribution in [3.8, 4) is 0 Å². The number of benzene rings is 2. The molecule has 4 amide bonds. The Kier molecular flexibility index (Phi) is 9.84. The molecular formula is C36H49N5O5. The van der Waals surface area contributed by atoms with Crippen molar-refractivity contribution >= 4 is 23.7 Å². The van der Waals surface area contributed by atoms with Gasteiger partial charge in [-0.3, -0.25) is 4.79 Å². The Bertz CT molecular complexity index is 1390. The summed E-state index contributed by atoms with van der Waals surface area (Å²) in [6.07, 6.45) is 4.38. The van der Waals surface area contributed by atoms with Crippen LogP contribution in [0.2, 0.25) is 0 Å². The van der Waals surface area contributed by atoms with Crippen molar-refractivity contribution in [3.63, 3.8) is 0 Å². The van der Waals surface area contributed by atoms with Crippen LogP contribution in [0.15, 0.2) is 48.5 Å². The van der Waals surface area contributed by atoms with Crippen LogP contribution < -0.4 is 5.32 Å². The number of hydrogen-bond donors (Lipinski definition) is 2. The van der Waals surface area contributed by atoms with Crippen molar-refractivity contribution in [1.82, 2.24) is 19.6 Å². The third-order valence-corrected chi connectivity index (χ3v) is 10.5. The molecule has 1 atom stereocenters. The van der Waals surface area contributed by atoms with Gasteiger partial charge in [-0.1, -0.05) is 48.0 Å². The Labute approximate surface area is 272 Å². The molecular weight excluding hydrogens is 582 g/mol. The van der Waals surface area contributed by atoms with Crippen LogP contribution in [0.25, 0.3) is 0 Å². The average Bonchev–Trinajstić information content (AvgIpc) is 3.22. The van der Waals surface area contributed by atoms with Gasteiger partial charge in [0.25, 0.3) is 5.91 Å². The van der Waals surface area contributed by atoms with Crippen LogP contribution in [0.3, 0.4) is 0 Å². The Balaban J connectivity index is 1.05. The summed E-state index contributed by atoms with van der Waals surface area (Å²) < 4.78 is 6.04. The fraction of sp³-hybridized carbons (Fsp3) is 0.583. The second-order valence-electron chi connectivity index (χ2n) is 13.9. The van der Waals surface area contributed by atoms with E-state index >= 15 is 0 Å². The summed E-state index contributed by atoms with van der Waals surface area (Å²) in [7, 11) is 0. The number of ether oxygens (including phenoxy) is 1. The first kappa shape index (κ1) is 32.3. The number of aliphatic hydroxyl groups is 1. The number of carbonyl (C=O) groups excluding carboxylic acids is 3. The van der Waals surface area contributed by atoms with Crippen molar-refractivity contribution in [2.24, 2.45) is 0 Å². The highest BCUT2D eigenvalue weighted by molar-refractivity contribution is 5.91. The predicted molar refractivity (Wildman–Crippen MR) is 177 cm³/mol. The van der Waals surface area contributed by atoms with Gasteiger partial charge in [0, 0.05) is 70.0 Å². The van der Waals surface area contributed by atoms with E-state index in [-0.39, 0.29) is 18.0 Å². The molecule has 3 saturated heterocycles. The van der Waals surface area contributed by atoms with Gasteiger partial charge in [-0.2, -0.15) is 0 Å². The van der Waals surface area contributed by atoms with Crippen molar-refractivity contribution in [1.29, 1.82) is 0 Å². The first-order chi connectivity index (χ1) is 22.1. The van der Waals surface area contributed by atoms with Gasteiger partial charge in [0.2, 0.25) is 0 Å². The molecule has 2 N–H and O–H groups in total. The Morgan fingerprint density at radius 3 is 2.30 bits per heavy atom. The molecule has 2 aromatic rings. The lowest BCUT2D eigenvalue weighted by atomic mass is 9.91. The molecule has 2 aromatic carbocycles. The van der Waals surface area contributed by atoms with E-state index < -0.39 is 17.8 Å². The van der Waals surface area contributed by atoms with E-state index in [1.54, 1.807) is 4.90 Å². The third-order valence-electron chi connectivity index (χ3n) is 10.5.